The molecule has 0 aliphatic carbocycles. The minimum atomic E-state index is -0.350. The average molecular weight is 412 g/mol. The van der Waals surface area contributed by atoms with Crippen molar-refractivity contribution in [1.29, 1.82) is 0 Å². The first-order valence-electron chi connectivity index (χ1n) is 9.36. The summed E-state index contributed by atoms with van der Waals surface area (Å²) in [5.41, 5.74) is 1.32. The van der Waals surface area contributed by atoms with Crippen LogP contribution in [0.5, 0.6) is 0 Å². The number of nitrogens with zero attached hydrogens (tertiary/aromatic N) is 2. The van der Waals surface area contributed by atoms with Crippen LogP contribution in [0.1, 0.15) is 23.0 Å². The molecule has 1 saturated heterocycles. The van der Waals surface area contributed by atoms with E-state index in [-0.39, 0.29) is 11.9 Å². The van der Waals surface area contributed by atoms with Crippen LogP contribution in [0.15, 0.2) is 50.7 Å². The minimum absolute atomic E-state index is 0.256. The van der Waals surface area contributed by atoms with Gasteiger partial charge in [-0.1, -0.05) is 12.1 Å². The molecule has 2 aliphatic heterocycles. The molecule has 150 valence electrons. The molecule has 4 rings (SSSR count). The van der Waals surface area contributed by atoms with Gasteiger partial charge < -0.3 is 18.8 Å². The summed E-state index contributed by atoms with van der Waals surface area (Å²) in [5, 5.41) is 0.714. The fourth-order valence-corrected chi connectivity index (χ4v) is 3.93. The molecule has 0 spiro atoms. The number of benzene rings is 1. The van der Waals surface area contributed by atoms with Crippen molar-refractivity contribution < 1.29 is 23.5 Å². The Bertz CT molecular complexity index is 971. The number of carbonyl (C=O) groups excluding carboxylic acids is 2. The van der Waals surface area contributed by atoms with Crippen LogP contribution in [0.3, 0.4) is 0 Å². The monoisotopic (exact) mass is 412 g/mol. The van der Waals surface area contributed by atoms with Crippen molar-refractivity contribution in [3.05, 3.63) is 52.6 Å². The Balaban J connectivity index is 1.45. The number of hydrogen-bond donors (Lipinski definition) is 0. The molecular formula is C21H20N2O5S. The van der Waals surface area contributed by atoms with E-state index in [4.69, 9.17) is 13.9 Å². The van der Waals surface area contributed by atoms with Crippen molar-refractivity contribution >= 4 is 34.9 Å². The van der Waals surface area contributed by atoms with Crippen LogP contribution in [0.2, 0.25) is 0 Å². The second-order valence-corrected chi connectivity index (χ2v) is 7.42. The Morgan fingerprint density at radius 2 is 1.97 bits per heavy atom. The largest absolute Gasteiger partial charge is 0.462 e. The van der Waals surface area contributed by atoms with Gasteiger partial charge in [0.2, 0.25) is 0 Å². The van der Waals surface area contributed by atoms with E-state index in [0.717, 1.165) is 18.7 Å². The molecule has 2 aliphatic rings. The molecule has 0 radical (unpaired) electrons. The Kier molecular flexibility index (Phi) is 5.82. The Morgan fingerprint density at radius 1 is 1.21 bits per heavy atom. The maximum absolute atomic E-state index is 12.2. The maximum Gasteiger partial charge on any atom is 0.338 e. The first kappa shape index (κ1) is 19.5. The molecule has 2 aromatic rings. The highest BCUT2D eigenvalue weighted by Crippen LogP contribution is 2.32. The van der Waals surface area contributed by atoms with Gasteiger partial charge in [-0.3, -0.25) is 4.79 Å². The van der Waals surface area contributed by atoms with E-state index in [1.54, 1.807) is 37.3 Å². The van der Waals surface area contributed by atoms with Gasteiger partial charge in [-0.2, -0.15) is 4.99 Å². The van der Waals surface area contributed by atoms with Crippen LogP contribution in [0.25, 0.3) is 17.4 Å². The molecule has 7 nitrogen and oxygen atoms in total. The van der Waals surface area contributed by atoms with Crippen LogP contribution in [-0.4, -0.2) is 54.9 Å². The third kappa shape index (κ3) is 4.44. The molecule has 8 heteroatoms. The second kappa shape index (κ2) is 8.67. The van der Waals surface area contributed by atoms with Gasteiger partial charge in [0.25, 0.3) is 5.91 Å². The van der Waals surface area contributed by atoms with Gasteiger partial charge in [-0.25, -0.2) is 4.79 Å². The van der Waals surface area contributed by atoms with Crippen LogP contribution in [0.4, 0.5) is 0 Å². The van der Waals surface area contributed by atoms with E-state index in [2.05, 4.69) is 9.89 Å². The van der Waals surface area contributed by atoms with Crippen LogP contribution >= 0.6 is 11.8 Å². The van der Waals surface area contributed by atoms with E-state index in [1.165, 1.54) is 11.8 Å². The molecule has 1 fully saturated rings. The normalized spacial score (nSPS) is 18.2. The van der Waals surface area contributed by atoms with Gasteiger partial charge in [0.05, 0.1) is 30.3 Å². The quantitative estimate of drug-likeness (QED) is 0.562. The van der Waals surface area contributed by atoms with Crippen molar-refractivity contribution in [1.82, 2.24) is 4.90 Å². The highest BCUT2D eigenvalue weighted by molar-refractivity contribution is 8.18. The molecule has 0 N–H and O–H groups in total. The number of thioether (sulfide) groups is 1. The molecule has 1 amide bonds. The van der Waals surface area contributed by atoms with Gasteiger partial charge in [0.15, 0.2) is 5.17 Å². The van der Waals surface area contributed by atoms with Gasteiger partial charge in [-0.05, 0) is 43.0 Å². The van der Waals surface area contributed by atoms with Crippen molar-refractivity contribution in [2.45, 2.75) is 6.92 Å². The summed E-state index contributed by atoms with van der Waals surface area (Å²) in [6.07, 6.45) is 1.71. The predicted octanol–water partition coefficient (Wildman–Crippen LogP) is 3.43. The molecule has 1 aromatic heterocycles. The number of furan rings is 1. The highest BCUT2D eigenvalue weighted by Gasteiger charge is 2.27. The standard InChI is InChI=1S/C21H20N2O5S/c1-2-27-20(25)15-5-3-14(4-6-15)17-8-7-16(28-17)13-18-19(24)22-21(29-18)23-9-11-26-12-10-23/h3-8,13H,2,9-12H2,1H3. The molecule has 3 heterocycles. The summed E-state index contributed by atoms with van der Waals surface area (Å²) in [7, 11) is 0. The third-order valence-electron chi connectivity index (χ3n) is 4.47. The van der Waals surface area contributed by atoms with E-state index < -0.39 is 0 Å². The highest BCUT2D eigenvalue weighted by atomic mass is 32.2. The third-order valence-corrected chi connectivity index (χ3v) is 5.52. The van der Waals surface area contributed by atoms with Gasteiger partial charge in [0, 0.05) is 24.7 Å². The van der Waals surface area contributed by atoms with E-state index in [9.17, 15) is 9.59 Å². The lowest BCUT2D eigenvalue weighted by molar-refractivity contribution is -0.113. The zero-order valence-corrected chi connectivity index (χ0v) is 16.7. The minimum Gasteiger partial charge on any atom is -0.462 e. The lowest BCUT2D eigenvalue weighted by Gasteiger charge is -2.27. The Morgan fingerprint density at radius 3 is 2.69 bits per heavy atom. The lowest BCUT2D eigenvalue weighted by atomic mass is 10.1. The zero-order valence-electron chi connectivity index (χ0n) is 15.9. The maximum atomic E-state index is 12.2. The number of amidine groups is 1. The zero-order chi connectivity index (χ0) is 20.2. The van der Waals surface area contributed by atoms with Crippen LogP contribution in [0, 0.1) is 0 Å². The number of hydrogen-bond acceptors (Lipinski definition) is 7. The average Bonchev–Trinajstić information content (AvgIpc) is 3.36. The van der Waals surface area contributed by atoms with Gasteiger partial charge in [-0.15, -0.1) is 0 Å². The van der Waals surface area contributed by atoms with E-state index >= 15 is 0 Å². The fourth-order valence-electron chi connectivity index (χ4n) is 2.99. The summed E-state index contributed by atoms with van der Waals surface area (Å²) < 4.78 is 16.2. The molecule has 0 bridgehead atoms. The number of rotatable bonds is 4. The van der Waals surface area contributed by atoms with Crippen molar-refractivity contribution in [3.8, 4) is 11.3 Å². The SMILES string of the molecule is CCOC(=O)c1ccc(-c2ccc(C=C3SC(N4CCOCC4)=NC3=O)o2)cc1. The molecule has 29 heavy (non-hydrogen) atoms. The number of esters is 1. The topological polar surface area (TPSA) is 81.3 Å². The lowest BCUT2D eigenvalue weighted by Crippen LogP contribution is -2.38. The summed E-state index contributed by atoms with van der Waals surface area (Å²) in [5.74, 6) is 0.616. The number of aliphatic imine (C=N–C) groups is 1. The van der Waals surface area contributed by atoms with Crippen molar-refractivity contribution in [2.24, 2.45) is 4.99 Å². The Labute approximate surface area is 172 Å². The Hall–Kier alpha value is -2.84. The summed E-state index contributed by atoms with van der Waals surface area (Å²) in [6.45, 7) is 4.86. The fraction of sp³-hybridized carbons (Fsp3) is 0.286. The predicted molar refractivity (Wildman–Crippen MR) is 111 cm³/mol. The summed E-state index contributed by atoms with van der Waals surface area (Å²) in [6, 6.07) is 10.6. The van der Waals surface area contributed by atoms with Crippen LogP contribution in [-0.2, 0) is 14.3 Å². The van der Waals surface area contributed by atoms with Crippen molar-refractivity contribution in [2.75, 3.05) is 32.9 Å². The number of ether oxygens (including phenoxy) is 2. The molecule has 0 saturated carbocycles. The second-order valence-electron chi connectivity index (χ2n) is 6.41. The van der Waals surface area contributed by atoms with Crippen LogP contribution < -0.4 is 0 Å². The van der Waals surface area contributed by atoms with E-state index in [1.807, 2.05) is 12.1 Å². The molecule has 0 unspecified atom stereocenters. The number of amides is 1. The number of carbonyl (C=O) groups is 2. The summed E-state index contributed by atoms with van der Waals surface area (Å²) >= 11 is 1.36. The number of morpholine rings is 1. The molecule has 0 atom stereocenters. The smallest absolute Gasteiger partial charge is 0.338 e. The van der Waals surface area contributed by atoms with Gasteiger partial charge in [0.1, 0.15) is 11.5 Å². The van der Waals surface area contributed by atoms with Gasteiger partial charge >= 0.3 is 5.97 Å². The van der Waals surface area contributed by atoms with E-state index in [0.29, 0.717) is 47.0 Å². The van der Waals surface area contributed by atoms with Crippen molar-refractivity contribution in [3.63, 3.8) is 0 Å². The molecule has 1 aromatic carbocycles. The summed E-state index contributed by atoms with van der Waals surface area (Å²) in [4.78, 5) is 30.7. The molecular weight excluding hydrogens is 392 g/mol. The first-order valence-corrected chi connectivity index (χ1v) is 10.2. The first-order chi connectivity index (χ1) is 14.1.